The third-order valence-corrected chi connectivity index (χ3v) is 3.37. The maximum Gasteiger partial charge on any atom is 0.304 e. The summed E-state index contributed by atoms with van der Waals surface area (Å²) in [6.07, 6.45) is 4.00. The van der Waals surface area contributed by atoms with Crippen molar-refractivity contribution in [1.82, 2.24) is 10.2 Å². The second-order valence-corrected chi connectivity index (χ2v) is 5.11. The number of rotatable bonds is 9. The number of hydrogen-bond acceptors (Lipinski definition) is 4. The summed E-state index contributed by atoms with van der Waals surface area (Å²) in [5, 5.41) is 20.2. The number of nitrogens with one attached hydrogen (secondary N) is 1. The Morgan fingerprint density at radius 3 is 1.95 bits per heavy atom. The van der Waals surface area contributed by atoms with Gasteiger partial charge in [-0.05, 0) is 12.8 Å². The van der Waals surface area contributed by atoms with Gasteiger partial charge in [-0.15, -0.1) is 0 Å². The summed E-state index contributed by atoms with van der Waals surface area (Å²) in [7, 11) is 0. The van der Waals surface area contributed by atoms with Crippen LogP contribution in [0.5, 0.6) is 0 Å². The number of carboxylic acids is 2. The molecule has 1 amide bonds. The fraction of sp³-hybridized carbons (Fsp3) is 0.769. The highest BCUT2D eigenvalue weighted by molar-refractivity contribution is 5.78. The van der Waals surface area contributed by atoms with Crippen molar-refractivity contribution in [3.8, 4) is 0 Å². The SMILES string of the molecule is O=C(O)CCN(CCC(=O)O)CC(=O)NC1CCCC1. The van der Waals surface area contributed by atoms with Crippen LogP contribution in [-0.2, 0) is 14.4 Å². The van der Waals surface area contributed by atoms with Gasteiger partial charge in [0.2, 0.25) is 5.91 Å². The zero-order chi connectivity index (χ0) is 15.0. The Balaban J connectivity index is 2.37. The minimum absolute atomic E-state index is 0.0526. The van der Waals surface area contributed by atoms with Gasteiger partial charge in [0.1, 0.15) is 0 Å². The molecule has 1 rings (SSSR count). The number of carboxylic acid groups (broad SMARTS) is 2. The number of hydrogen-bond donors (Lipinski definition) is 3. The molecule has 1 aliphatic rings. The summed E-state index contributed by atoms with van der Waals surface area (Å²) < 4.78 is 0. The lowest BCUT2D eigenvalue weighted by Crippen LogP contribution is -2.42. The molecule has 7 heteroatoms. The van der Waals surface area contributed by atoms with Gasteiger partial charge in [-0.3, -0.25) is 19.3 Å². The van der Waals surface area contributed by atoms with Crippen LogP contribution in [-0.4, -0.2) is 58.6 Å². The molecule has 0 aromatic carbocycles. The summed E-state index contributed by atoms with van der Waals surface area (Å²) >= 11 is 0. The lowest BCUT2D eigenvalue weighted by atomic mass is 10.2. The molecule has 0 aliphatic heterocycles. The molecule has 0 heterocycles. The minimum atomic E-state index is -0.957. The van der Waals surface area contributed by atoms with Gasteiger partial charge in [0, 0.05) is 19.1 Å². The fourth-order valence-corrected chi connectivity index (χ4v) is 2.32. The number of nitrogens with zero attached hydrogens (tertiary/aromatic N) is 1. The van der Waals surface area contributed by atoms with Crippen molar-refractivity contribution < 1.29 is 24.6 Å². The molecular weight excluding hydrogens is 264 g/mol. The quantitative estimate of drug-likeness (QED) is 0.562. The van der Waals surface area contributed by atoms with Gasteiger partial charge < -0.3 is 15.5 Å². The summed E-state index contributed by atoms with van der Waals surface area (Å²) in [5.74, 6) is -2.07. The molecular formula is C13H22N2O5. The van der Waals surface area contributed by atoms with Crippen LogP contribution in [0.25, 0.3) is 0 Å². The summed E-state index contributed by atoms with van der Waals surface area (Å²) in [6.45, 7) is 0.415. The predicted molar refractivity (Wildman–Crippen MR) is 71.3 cm³/mol. The first kappa shape index (κ1) is 16.4. The second-order valence-electron chi connectivity index (χ2n) is 5.11. The molecule has 114 valence electrons. The van der Waals surface area contributed by atoms with E-state index in [9.17, 15) is 14.4 Å². The zero-order valence-corrected chi connectivity index (χ0v) is 11.5. The van der Waals surface area contributed by atoms with Crippen LogP contribution in [0.15, 0.2) is 0 Å². The summed E-state index contributed by atoms with van der Waals surface area (Å²) in [6, 6.07) is 0.211. The third-order valence-electron chi connectivity index (χ3n) is 3.37. The number of amides is 1. The Bertz CT molecular complexity index is 335. The molecule has 0 saturated heterocycles. The van der Waals surface area contributed by atoms with Crippen molar-refractivity contribution in [1.29, 1.82) is 0 Å². The molecule has 7 nitrogen and oxygen atoms in total. The normalized spacial score (nSPS) is 15.4. The Morgan fingerprint density at radius 2 is 1.50 bits per heavy atom. The van der Waals surface area contributed by atoms with E-state index >= 15 is 0 Å². The summed E-state index contributed by atoms with van der Waals surface area (Å²) in [5.41, 5.74) is 0. The van der Waals surface area contributed by atoms with Crippen LogP contribution in [0.4, 0.5) is 0 Å². The molecule has 1 aliphatic carbocycles. The van der Waals surface area contributed by atoms with Gasteiger partial charge in [0.25, 0.3) is 0 Å². The van der Waals surface area contributed by atoms with Gasteiger partial charge in [0.15, 0.2) is 0 Å². The highest BCUT2D eigenvalue weighted by atomic mass is 16.4. The van der Waals surface area contributed by atoms with Gasteiger partial charge in [0.05, 0.1) is 19.4 Å². The van der Waals surface area contributed by atoms with Crippen LogP contribution in [0.3, 0.4) is 0 Å². The molecule has 3 N–H and O–H groups in total. The topological polar surface area (TPSA) is 107 Å². The molecule has 0 aromatic rings. The van der Waals surface area contributed by atoms with E-state index in [1.54, 1.807) is 4.90 Å². The van der Waals surface area contributed by atoms with Crippen molar-refractivity contribution in [2.45, 2.75) is 44.6 Å². The van der Waals surface area contributed by atoms with Crippen LogP contribution in [0, 0.1) is 0 Å². The van der Waals surface area contributed by atoms with Crippen molar-refractivity contribution in [3.05, 3.63) is 0 Å². The maximum absolute atomic E-state index is 11.9. The number of carbonyl (C=O) groups is 3. The zero-order valence-electron chi connectivity index (χ0n) is 11.5. The van der Waals surface area contributed by atoms with E-state index in [4.69, 9.17) is 10.2 Å². The molecule has 1 saturated carbocycles. The Labute approximate surface area is 117 Å². The Morgan fingerprint density at radius 1 is 1.00 bits per heavy atom. The molecule has 0 aromatic heterocycles. The van der Waals surface area contributed by atoms with E-state index in [1.807, 2.05) is 0 Å². The van der Waals surface area contributed by atoms with E-state index in [0.717, 1.165) is 25.7 Å². The predicted octanol–water partition coefficient (Wildman–Crippen LogP) is 0.297. The molecule has 0 atom stereocenters. The van der Waals surface area contributed by atoms with Crippen LogP contribution < -0.4 is 5.32 Å². The van der Waals surface area contributed by atoms with E-state index in [1.165, 1.54) is 0 Å². The standard InChI is InChI=1S/C13H22N2O5/c16-11(14-10-3-1-2-4-10)9-15(7-5-12(17)18)8-6-13(19)20/h10H,1-9H2,(H,14,16)(H,17,18)(H,19,20). The van der Waals surface area contributed by atoms with Gasteiger partial charge in [-0.25, -0.2) is 0 Å². The first-order valence-corrected chi connectivity index (χ1v) is 6.92. The van der Waals surface area contributed by atoms with E-state index in [-0.39, 0.29) is 44.4 Å². The molecule has 0 radical (unpaired) electrons. The van der Waals surface area contributed by atoms with Crippen molar-refractivity contribution in [2.75, 3.05) is 19.6 Å². The monoisotopic (exact) mass is 286 g/mol. The number of aliphatic carboxylic acids is 2. The van der Waals surface area contributed by atoms with Gasteiger partial charge >= 0.3 is 11.9 Å². The average molecular weight is 286 g/mol. The van der Waals surface area contributed by atoms with E-state index in [0.29, 0.717) is 0 Å². The Hall–Kier alpha value is -1.63. The van der Waals surface area contributed by atoms with Crippen molar-refractivity contribution >= 4 is 17.8 Å². The average Bonchev–Trinajstić information content (AvgIpc) is 2.85. The first-order valence-electron chi connectivity index (χ1n) is 6.92. The molecule has 20 heavy (non-hydrogen) atoms. The van der Waals surface area contributed by atoms with Crippen molar-refractivity contribution in [2.24, 2.45) is 0 Å². The Kier molecular flexibility index (Phi) is 7.00. The smallest absolute Gasteiger partial charge is 0.304 e. The highest BCUT2D eigenvalue weighted by Crippen LogP contribution is 2.17. The minimum Gasteiger partial charge on any atom is -0.481 e. The first-order chi connectivity index (χ1) is 9.47. The van der Waals surface area contributed by atoms with Gasteiger partial charge in [-0.2, -0.15) is 0 Å². The van der Waals surface area contributed by atoms with Crippen molar-refractivity contribution in [3.63, 3.8) is 0 Å². The van der Waals surface area contributed by atoms with Crippen LogP contribution in [0.2, 0.25) is 0 Å². The number of carbonyl (C=O) groups excluding carboxylic acids is 1. The summed E-state index contributed by atoms with van der Waals surface area (Å²) in [4.78, 5) is 34.6. The van der Waals surface area contributed by atoms with E-state index < -0.39 is 11.9 Å². The largest absolute Gasteiger partial charge is 0.481 e. The fourth-order valence-electron chi connectivity index (χ4n) is 2.32. The third kappa shape index (κ3) is 7.08. The van der Waals surface area contributed by atoms with Crippen LogP contribution in [0.1, 0.15) is 38.5 Å². The van der Waals surface area contributed by atoms with Gasteiger partial charge in [-0.1, -0.05) is 12.8 Å². The lowest BCUT2D eigenvalue weighted by molar-refractivity contribution is -0.138. The molecule has 0 spiro atoms. The molecule has 0 unspecified atom stereocenters. The highest BCUT2D eigenvalue weighted by Gasteiger charge is 2.19. The van der Waals surface area contributed by atoms with E-state index in [2.05, 4.69) is 5.32 Å². The molecule has 1 fully saturated rings. The second kappa shape index (κ2) is 8.52. The van der Waals surface area contributed by atoms with Crippen LogP contribution >= 0.6 is 0 Å². The molecule has 0 bridgehead atoms. The lowest BCUT2D eigenvalue weighted by Gasteiger charge is -2.21. The maximum atomic E-state index is 11.9.